The van der Waals surface area contributed by atoms with E-state index in [9.17, 15) is 9.90 Å². The van der Waals surface area contributed by atoms with Crippen LogP contribution in [-0.4, -0.2) is 33.0 Å². The molecule has 0 aliphatic carbocycles. The van der Waals surface area contributed by atoms with E-state index in [-0.39, 0.29) is 10.6 Å². The van der Waals surface area contributed by atoms with E-state index in [1.807, 2.05) is 0 Å². The molecule has 0 radical (unpaired) electrons. The zero-order valence-electron chi connectivity index (χ0n) is 14.8. The highest BCUT2D eigenvalue weighted by atomic mass is 35.5. The van der Waals surface area contributed by atoms with Gasteiger partial charge in [0.25, 0.3) is 0 Å². The van der Waals surface area contributed by atoms with Crippen LogP contribution in [0.1, 0.15) is 22.8 Å². The Morgan fingerprint density at radius 2 is 1.69 bits per heavy atom. The van der Waals surface area contributed by atoms with Gasteiger partial charge in [-0.25, -0.2) is 0 Å². The Labute approximate surface area is 156 Å². The molecule has 1 N–H and O–H groups in total. The fourth-order valence-electron chi connectivity index (χ4n) is 2.25. The number of hydrogen-bond acceptors (Lipinski definition) is 7. The average Bonchev–Trinajstić information content (AvgIpc) is 2.65. The molecule has 26 heavy (non-hydrogen) atoms. The number of carbonyl (C=O) groups excluding carboxylic acids is 1. The second kappa shape index (κ2) is 8.44. The first kappa shape index (κ1) is 19.4. The van der Waals surface area contributed by atoms with Gasteiger partial charge < -0.3 is 24.1 Å². The summed E-state index contributed by atoms with van der Waals surface area (Å²) in [5.41, 5.74) is 4.50. The van der Waals surface area contributed by atoms with E-state index >= 15 is 0 Å². The molecule has 2 aromatic carbocycles. The fourth-order valence-corrected chi connectivity index (χ4v) is 2.45. The Bertz CT molecular complexity index is 826. The summed E-state index contributed by atoms with van der Waals surface area (Å²) in [6.07, 6.45) is 0. The van der Waals surface area contributed by atoms with Crippen molar-refractivity contribution in [3.05, 3.63) is 46.5 Å². The van der Waals surface area contributed by atoms with Crippen LogP contribution >= 0.6 is 11.6 Å². The lowest BCUT2D eigenvalue weighted by Crippen LogP contribution is -2.22. The molecule has 0 fully saturated rings. The maximum Gasteiger partial charge on any atom is 0.203 e. The van der Waals surface area contributed by atoms with Crippen molar-refractivity contribution in [3.63, 3.8) is 0 Å². The van der Waals surface area contributed by atoms with Gasteiger partial charge >= 0.3 is 0 Å². The van der Waals surface area contributed by atoms with Crippen LogP contribution in [0, 0.1) is 0 Å². The summed E-state index contributed by atoms with van der Waals surface area (Å²) in [4.78, 5) is 11.0. The van der Waals surface area contributed by atoms with Crippen LogP contribution in [0.2, 0.25) is 5.02 Å². The largest absolute Gasteiger partial charge is 0.545 e. The number of rotatable bonds is 7. The van der Waals surface area contributed by atoms with Crippen molar-refractivity contribution >= 4 is 29.0 Å². The van der Waals surface area contributed by atoms with Gasteiger partial charge in [0, 0.05) is 16.1 Å². The van der Waals surface area contributed by atoms with Gasteiger partial charge in [-0.05, 0) is 37.3 Å². The van der Waals surface area contributed by atoms with Crippen molar-refractivity contribution in [2.75, 3.05) is 26.8 Å². The number of hydrazone groups is 1. The highest BCUT2D eigenvalue weighted by Gasteiger charge is 2.14. The minimum absolute atomic E-state index is 0.0980. The molecule has 0 saturated carbocycles. The first-order valence-electron chi connectivity index (χ1n) is 7.52. The minimum atomic E-state index is -1.36. The lowest BCUT2D eigenvalue weighted by Gasteiger charge is -2.14. The zero-order valence-corrected chi connectivity index (χ0v) is 15.5. The van der Waals surface area contributed by atoms with Gasteiger partial charge in [-0.1, -0.05) is 11.6 Å². The fraction of sp³-hybridized carbons (Fsp3) is 0.222. The number of benzene rings is 2. The highest BCUT2D eigenvalue weighted by Crippen LogP contribution is 2.38. The van der Waals surface area contributed by atoms with Crippen molar-refractivity contribution in [2.45, 2.75) is 6.92 Å². The predicted molar refractivity (Wildman–Crippen MR) is 97.7 cm³/mol. The van der Waals surface area contributed by atoms with Gasteiger partial charge in [0.15, 0.2) is 11.5 Å². The van der Waals surface area contributed by atoms with Crippen LogP contribution < -0.4 is 24.7 Å². The van der Waals surface area contributed by atoms with E-state index in [4.69, 9.17) is 25.8 Å². The van der Waals surface area contributed by atoms with Gasteiger partial charge in [-0.3, -0.25) is 5.43 Å². The number of carbonyl (C=O) groups is 1. The molecule has 0 aromatic heterocycles. The average molecular weight is 378 g/mol. The number of aromatic carboxylic acids is 1. The molecule has 0 aliphatic heterocycles. The summed E-state index contributed by atoms with van der Waals surface area (Å²) in [6.45, 7) is 1.78. The highest BCUT2D eigenvalue weighted by molar-refractivity contribution is 6.33. The molecule has 0 heterocycles. The molecule has 0 aliphatic rings. The second-order valence-corrected chi connectivity index (χ2v) is 5.61. The predicted octanol–water partition coefficient (Wildman–Crippen LogP) is 2.57. The summed E-state index contributed by atoms with van der Waals surface area (Å²) in [5, 5.41) is 15.4. The lowest BCUT2D eigenvalue weighted by molar-refractivity contribution is -0.255. The van der Waals surface area contributed by atoms with E-state index in [2.05, 4.69) is 10.5 Å². The van der Waals surface area contributed by atoms with Crippen LogP contribution in [0.3, 0.4) is 0 Å². The molecule has 2 rings (SSSR count). The summed E-state index contributed by atoms with van der Waals surface area (Å²) < 4.78 is 15.9. The zero-order chi connectivity index (χ0) is 19.3. The number of anilines is 1. The molecule has 0 bridgehead atoms. The van der Waals surface area contributed by atoms with Gasteiger partial charge in [-0.15, -0.1) is 0 Å². The van der Waals surface area contributed by atoms with Gasteiger partial charge in [0.2, 0.25) is 5.75 Å². The number of nitrogens with one attached hydrogen (secondary N) is 1. The molecule has 7 nitrogen and oxygen atoms in total. The Kier molecular flexibility index (Phi) is 6.30. The van der Waals surface area contributed by atoms with E-state index < -0.39 is 5.97 Å². The standard InChI is InChI=1S/C18H19ClN2O5/c1-10(11-7-15(24-2)17(26-4)16(8-11)25-3)20-21-12-5-6-14(19)13(9-12)18(22)23/h5-9,21H,1-4H3,(H,22,23)/p-1/b20-10-. The van der Waals surface area contributed by atoms with Crippen molar-refractivity contribution < 1.29 is 24.1 Å². The number of carboxylic acids is 1. The Morgan fingerprint density at radius 1 is 1.08 bits per heavy atom. The quantitative estimate of drug-likeness (QED) is 0.589. The molecule has 0 unspecified atom stereocenters. The topological polar surface area (TPSA) is 92.2 Å². The van der Waals surface area contributed by atoms with Crippen LogP contribution in [-0.2, 0) is 0 Å². The van der Waals surface area contributed by atoms with Crippen LogP contribution in [0.15, 0.2) is 35.4 Å². The number of methoxy groups -OCH3 is 3. The third-order valence-corrected chi connectivity index (χ3v) is 3.95. The molecule has 0 amide bonds. The monoisotopic (exact) mass is 377 g/mol. The molecular formula is C18H18ClN2O5-. The molecule has 8 heteroatoms. The van der Waals surface area contributed by atoms with Crippen LogP contribution in [0.5, 0.6) is 17.2 Å². The maximum absolute atomic E-state index is 11.0. The molecule has 2 aromatic rings. The lowest BCUT2D eigenvalue weighted by atomic mass is 10.1. The van der Waals surface area contributed by atoms with Gasteiger partial charge in [0.05, 0.1) is 38.7 Å². The number of nitrogens with zero attached hydrogens (tertiary/aromatic N) is 1. The smallest absolute Gasteiger partial charge is 0.203 e. The summed E-state index contributed by atoms with van der Waals surface area (Å²) in [5.74, 6) is 0.129. The van der Waals surface area contributed by atoms with E-state index in [1.165, 1.54) is 33.5 Å². The molecule has 0 atom stereocenters. The summed E-state index contributed by atoms with van der Waals surface area (Å²) in [7, 11) is 4.58. The van der Waals surface area contributed by atoms with Gasteiger partial charge in [-0.2, -0.15) is 5.10 Å². The number of ether oxygens (including phenoxy) is 3. The van der Waals surface area contributed by atoms with E-state index in [0.29, 0.717) is 28.6 Å². The minimum Gasteiger partial charge on any atom is -0.545 e. The third-order valence-electron chi connectivity index (χ3n) is 3.62. The SMILES string of the molecule is COc1cc(/C(C)=N\Nc2ccc(Cl)c(C(=O)[O-])c2)cc(OC)c1OC. The van der Waals surface area contributed by atoms with Crippen molar-refractivity contribution in [1.29, 1.82) is 0 Å². The first-order valence-corrected chi connectivity index (χ1v) is 7.90. The molecular weight excluding hydrogens is 360 g/mol. The number of carboxylic acid groups (broad SMARTS) is 1. The molecule has 0 saturated heterocycles. The summed E-state index contributed by atoms with van der Waals surface area (Å²) in [6, 6.07) is 7.94. The van der Waals surface area contributed by atoms with Crippen molar-refractivity contribution in [3.8, 4) is 17.2 Å². The van der Waals surface area contributed by atoms with E-state index in [1.54, 1.807) is 25.1 Å². The van der Waals surface area contributed by atoms with Crippen LogP contribution in [0.25, 0.3) is 0 Å². The second-order valence-electron chi connectivity index (χ2n) is 5.21. The molecule has 138 valence electrons. The van der Waals surface area contributed by atoms with Crippen LogP contribution in [0.4, 0.5) is 5.69 Å². The molecule has 0 spiro atoms. The number of hydrogen-bond donors (Lipinski definition) is 1. The Hall–Kier alpha value is -2.93. The third kappa shape index (κ3) is 4.18. The Balaban J connectivity index is 2.33. The van der Waals surface area contributed by atoms with Crippen molar-refractivity contribution in [1.82, 2.24) is 0 Å². The normalized spacial score (nSPS) is 11.0. The van der Waals surface area contributed by atoms with E-state index in [0.717, 1.165) is 5.56 Å². The summed E-state index contributed by atoms with van der Waals surface area (Å²) >= 11 is 5.82. The number of halogens is 1. The Morgan fingerprint density at radius 3 is 2.19 bits per heavy atom. The van der Waals surface area contributed by atoms with Crippen molar-refractivity contribution in [2.24, 2.45) is 5.10 Å². The maximum atomic E-state index is 11.0. The first-order chi connectivity index (χ1) is 12.4. The van der Waals surface area contributed by atoms with Gasteiger partial charge in [0.1, 0.15) is 0 Å².